The van der Waals surface area contributed by atoms with Crippen LogP contribution in [0.25, 0.3) is 0 Å². The first-order valence-electron chi connectivity index (χ1n) is 7.29. The van der Waals surface area contributed by atoms with Gasteiger partial charge >= 0.3 is 5.97 Å². The summed E-state index contributed by atoms with van der Waals surface area (Å²) in [6.45, 7) is 1.05. The van der Waals surface area contributed by atoms with Crippen LogP contribution < -0.4 is 0 Å². The van der Waals surface area contributed by atoms with Gasteiger partial charge in [-0.05, 0) is 32.1 Å². The molecule has 0 unspecified atom stereocenters. The van der Waals surface area contributed by atoms with Crippen LogP contribution >= 0.6 is 0 Å². The van der Waals surface area contributed by atoms with Crippen LogP contribution in [0.4, 0.5) is 0 Å². The van der Waals surface area contributed by atoms with E-state index in [0.29, 0.717) is 32.4 Å². The maximum Gasteiger partial charge on any atom is 0.326 e. The number of amides is 1. The van der Waals surface area contributed by atoms with Gasteiger partial charge in [-0.1, -0.05) is 0 Å². The molecule has 0 aromatic rings. The summed E-state index contributed by atoms with van der Waals surface area (Å²) in [6.07, 6.45) is 4.48. The minimum Gasteiger partial charge on any atom is -0.480 e. The van der Waals surface area contributed by atoms with Crippen LogP contribution in [0.15, 0.2) is 0 Å². The van der Waals surface area contributed by atoms with Crippen molar-refractivity contribution in [3.8, 4) is 0 Å². The molecular formula is C13H22N2O5S. The normalized spacial score (nSPS) is 28.3. The zero-order valence-corrected chi connectivity index (χ0v) is 13.0. The van der Waals surface area contributed by atoms with E-state index in [2.05, 4.69) is 0 Å². The van der Waals surface area contributed by atoms with Crippen LogP contribution in [-0.2, 0) is 19.6 Å². The first-order chi connectivity index (χ1) is 9.80. The Morgan fingerprint density at radius 1 is 1.10 bits per heavy atom. The molecule has 1 N–H and O–H groups in total. The number of piperidine rings is 2. The molecule has 2 saturated heterocycles. The molecule has 2 atom stereocenters. The average Bonchev–Trinajstić information content (AvgIpc) is 2.45. The number of likely N-dealkylation sites (tertiary alicyclic amines) is 1. The van der Waals surface area contributed by atoms with Crippen LogP contribution in [0, 0.1) is 5.92 Å². The van der Waals surface area contributed by atoms with Crippen molar-refractivity contribution in [1.82, 2.24) is 9.21 Å². The predicted octanol–water partition coefficient (Wildman–Crippen LogP) is 0.124. The summed E-state index contributed by atoms with van der Waals surface area (Å²) in [5, 5.41) is 9.24. The maximum absolute atomic E-state index is 12.6. The molecule has 2 heterocycles. The van der Waals surface area contributed by atoms with E-state index in [4.69, 9.17) is 0 Å². The van der Waals surface area contributed by atoms with Crippen molar-refractivity contribution >= 4 is 21.9 Å². The highest BCUT2D eigenvalue weighted by molar-refractivity contribution is 7.88. The second kappa shape index (κ2) is 6.31. The Morgan fingerprint density at radius 2 is 1.81 bits per heavy atom. The molecule has 0 aromatic heterocycles. The molecule has 0 bridgehead atoms. The monoisotopic (exact) mass is 318 g/mol. The van der Waals surface area contributed by atoms with Crippen LogP contribution in [0.5, 0.6) is 0 Å². The fourth-order valence-corrected chi connectivity index (χ4v) is 4.04. The second-order valence-electron chi connectivity index (χ2n) is 5.84. The molecule has 1 amide bonds. The number of rotatable bonds is 3. The number of carbonyl (C=O) groups excluding carboxylic acids is 1. The fraction of sp³-hybridized carbons (Fsp3) is 0.846. The molecule has 8 heteroatoms. The molecule has 21 heavy (non-hydrogen) atoms. The highest BCUT2D eigenvalue weighted by atomic mass is 32.2. The average molecular weight is 318 g/mol. The molecule has 2 fully saturated rings. The summed E-state index contributed by atoms with van der Waals surface area (Å²) >= 11 is 0. The molecule has 2 rings (SSSR count). The Morgan fingerprint density at radius 3 is 2.43 bits per heavy atom. The molecule has 0 aliphatic carbocycles. The molecule has 2 aliphatic rings. The van der Waals surface area contributed by atoms with Gasteiger partial charge in [0.25, 0.3) is 0 Å². The van der Waals surface area contributed by atoms with Gasteiger partial charge in [-0.25, -0.2) is 17.5 Å². The van der Waals surface area contributed by atoms with Crippen LogP contribution in [0.3, 0.4) is 0 Å². The van der Waals surface area contributed by atoms with Gasteiger partial charge in [0, 0.05) is 19.6 Å². The first-order valence-corrected chi connectivity index (χ1v) is 9.14. The predicted molar refractivity (Wildman–Crippen MR) is 76.1 cm³/mol. The van der Waals surface area contributed by atoms with Gasteiger partial charge in [0.1, 0.15) is 6.04 Å². The Hall–Kier alpha value is -1.15. The van der Waals surface area contributed by atoms with Gasteiger partial charge in [0.15, 0.2) is 0 Å². The summed E-state index contributed by atoms with van der Waals surface area (Å²) < 4.78 is 24.5. The standard InChI is InChI=1S/C13H22N2O5S/c1-21(19,20)14-7-4-5-10(9-14)12(16)15-8-3-2-6-11(15)13(17)18/h10-11H,2-9H2,1H3,(H,17,18)/t10-,11+/m0/s1. The van der Waals surface area contributed by atoms with Crippen molar-refractivity contribution in [3.05, 3.63) is 0 Å². The van der Waals surface area contributed by atoms with E-state index in [9.17, 15) is 23.1 Å². The molecule has 7 nitrogen and oxygen atoms in total. The quantitative estimate of drug-likeness (QED) is 0.798. The number of sulfonamides is 1. The number of carbonyl (C=O) groups is 2. The third kappa shape index (κ3) is 3.74. The number of nitrogens with zero attached hydrogens (tertiary/aromatic N) is 2. The Balaban J connectivity index is 2.09. The first kappa shape index (κ1) is 16.2. The lowest BCUT2D eigenvalue weighted by atomic mass is 9.94. The molecule has 0 spiro atoms. The van der Waals surface area contributed by atoms with E-state index in [0.717, 1.165) is 19.1 Å². The lowest BCUT2D eigenvalue weighted by Crippen LogP contribution is -2.53. The molecule has 120 valence electrons. The zero-order valence-electron chi connectivity index (χ0n) is 12.2. The maximum atomic E-state index is 12.6. The lowest BCUT2D eigenvalue weighted by Gasteiger charge is -2.38. The van der Waals surface area contributed by atoms with Crippen LogP contribution in [-0.4, -0.2) is 66.5 Å². The highest BCUT2D eigenvalue weighted by Crippen LogP contribution is 2.25. The lowest BCUT2D eigenvalue weighted by molar-refractivity contribution is -0.154. The number of aliphatic carboxylic acids is 1. The zero-order chi connectivity index (χ0) is 15.6. The largest absolute Gasteiger partial charge is 0.480 e. The van der Waals surface area contributed by atoms with Crippen molar-refractivity contribution < 1.29 is 23.1 Å². The summed E-state index contributed by atoms with van der Waals surface area (Å²) in [5.41, 5.74) is 0. The highest BCUT2D eigenvalue weighted by Gasteiger charge is 2.38. The van der Waals surface area contributed by atoms with Gasteiger partial charge in [0.2, 0.25) is 15.9 Å². The van der Waals surface area contributed by atoms with E-state index >= 15 is 0 Å². The Kier molecular flexibility index (Phi) is 4.88. The summed E-state index contributed by atoms with van der Waals surface area (Å²) in [7, 11) is -3.31. The van der Waals surface area contributed by atoms with Crippen molar-refractivity contribution in [3.63, 3.8) is 0 Å². The van der Waals surface area contributed by atoms with Gasteiger partial charge < -0.3 is 10.0 Å². The number of carboxylic acid groups (broad SMARTS) is 1. The smallest absolute Gasteiger partial charge is 0.326 e. The number of hydrogen-bond acceptors (Lipinski definition) is 4. The molecule has 0 radical (unpaired) electrons. The number of hydrogen-bond donors (Lipinski definition) is 1. The van der Waals surface area contributed by atoms with Gasteiger partial charge in [-0.2, -0.15) is 0 Å². The summed E-state index contributed by atoms with van der Waals surface area (Å²) in [6, 6.07) is -0.764. The van der Waals surface area contributed by atoms with Crippen molar-refractivity contribution in [2.24, 2.45) is 5.92 Å². The van der Waals surface area contributed by atoms with E-state index in [1.54, 1.807) is 0 Å². The van der Waals surface area contributed by atoms with E-state index in [-0.39, 0.29) is 12.5 Å². The molecular weight excluding hydrogens is 296 g/mol. The van der Waals surface area contributed by atoms with Crippen LogP contribution in [0.1, 0.15) is 32.1 Å². The van der Waals surface area contributed by atoms with Gasteiger partial charge in [-0.3, -0.25) is 4.79 Å². The molecule has 2 aliphatic heterocycles. The molecule has 0 saturated carbocycles. The van der Waals surface area contributed by atoms with E-state index in [1.807, 2.05) is 0 Å². The Bertz CT molecular complexity index is 519. The second-order valence-corrected chi connectivity index (χ2v) is 7.82. The third-order valence-corrected chi connectivity index (χ3v) is 5.54. The topological polar surface area (TPSA) is 95.0 Å². The third-order valence-electron chi connectivity index (χ3n) is 4.27. The van der Waals surface area contributed by atoms with E-state index < -0.39 is 28.0 Å². The van der Waals surface area contributed by atoms with E-state index in [1.165, 1.54) is 9.21 Å². The fourth-order valence-electron chi connectivity index (χ4n) is 3.13. The summed E-state index contributed by atoms with van der Waals surface area (Å²) in [4.78, 5) is 25.3. The molecule has 0 aromatic carbocycles. The minimum atomic E-state index is -3.31. The number of carboxylic acids is 1. The Labute approximate surface area is 125 Å². The van der Waals surface area contributed by atoms with Gasteiger partial charge in [0.05, 0.1) is 12.2 Å². The summed E-state index contributed by atoms with van der Waals surface area (Å²) in [5.74, 6) is -1.61. The van der Waals surface area contributed by atoms with Crippen LogP contribution in [0.2, 0.25) is 0 Å². The van der Waals surface area contributed by atoms with Crippen molar-refractivity contribution in [1.29, 1.82) is 0 Å². The van der Waals surface area contributed by atoms with Crippen molar-refractivity contribution in [2.75, 3.05) is 25.9 Å². The minimum absolute atomic E-state index is 0.167. The van der Waals surface area contributed by atoms with Crippen molar-refractivity contribution in [2.45, 2.75) is 38.1 Å². The van der Waals surface area contributed by atoms with Gasteiger partial charge in [-0.15, -0.1) is 0 Å². The SMILES string of the molecule is CS(=O)(=O)N1CCC[C@H](C(=O)N2CCCC[C@@H]2C(=O)O)C1.